The molecule has 0 aromatic heterocycles. The van der Waals surface area contributed by atoms with E-state index in [1.807, 2.05) is 24.3 Å². The molecule has 0 saturated heterocycles. The third-order valence-corrected chi connectivity index (χ3v) is 5.15. The molecule has 134 valence electrons. The van der Waals surface area contributed by atoms with Gasteiger partial charge in [-0.25, -0.2) is 0 Å². The zero-order chi connectivity index (χ0) is 18.3. The predicted molar refractivity (Wildman–Crippen MR) is 98.8 cm³/mol. The zero-order valence-electron chi connectivity index (χ0n) is 14.7. The van der Waals surface area contributed by atoms with Gasteiger partial charge in [-0.15, -0.1) is 0 Å². The summed E-state index contributed by atoms with van der Waals surface area (Å²) in [5.74, 6) is 1.50. The Bertz CT molecular complexity index is 890. The van der Waals surface area contributed by atoms with Gasteiger partial charge in [-0.05, 0) is 53.8 Å². The molecule has 2 aromatic rings. The number of hydrogen-bond acceptors (Lipinski definition) is 5. The number of nitrogens with one attached hydrogen (secondary N) is 1. The Morgan fingerprint density at radius 3 is 2.81 bits per heavy atom. The van der Waals surface area contributed by atoms with Crippen LogP contribution in [0.25, 0.3) is 0 Å². The fourth-order valence-corrected chi connectivity index (χ4v) is 4.03. The van der Waals surface area contributed by atoms with Crippen LogP contribution in [0.5, 0.6) is 17.2 Å². The molecule has 5 heteroatoms. The number of allylic oxidation sites excluding steroid dienone is 2. The minimum Gasteiger partial charge on any atom is -0.508 e. The summed E-state index contributed by atoms with van der Waals surface area (Å²) in [6.45, 7) is 1.37. The van der Waals surface area contributed by atoms with Crippen LogP contribution in [0.4, 0.5) is 5.69 Å². The number of rotatable bonds is 3. The zero-order valence-corrected chi connectivity index (χ0v) is 14.7. The molecule has 0 spiro atoms. The van der Waals surface area contributed by atoms with Crippen molar-refractivity contribution in [2.75, 3.05) is 12.4 Å². The highest BCUT2D eigenvalue weighted by Crippen LogP contribution is 2.51. The summed E-state index contributed by atoms with van der Waals surface area (Å²) < 4.78 is 10.6. The lowest BCUT2D eigenvalue weighted by atomic mass is 9.77. The standard InChI is InChI=1S/C21H21NO4/c1-12(23)26-19-9-6-13(10-20(19)25-2)21-16-5-3-4-15(16)17-11-14(24)7-8-18(17)22-21/h3-4,6-11,15-16,21-22,24H,5H2,1-2H3. The summed E-state index contributed by atoms with van der Waals surface area (Å²) in [5.41, 5.74) is 3.24. The lowest BCUT2D eigenvalue weighted by molar-refractivity contribution is -0.132. The number of ether oxygens (including phenoxy) is 2. The van der Waals surface area contributed by atoms with Crippen molar-refractivity contribution in [3.8, 4) is 17.2 Å². The van der Waals surface area contributed by atoms with Crippen LogP contribution in [0.3, 0.4) is 0 Å². The maximum atomic E-state index is 11.3. The number of anilines is 1. The normalized spacial score (nSPS) is 22.9. The number of carbonyl (C=O) groups is 1. The molecule has 0 saturated carbocycles. The second kappa shape index (κ2) is 6.41. The van der Waals surface area contributed by atoms with Gasteiger partial charge in [0.25, 0.3) is 0 Å². The van der Waals surface area contributed by atoms with Gasteiger partial charge in [0.05, 0.1) is 13.2 Å². The maximum Gasteiger partial charge on any atom is 0.308 e. The van der Waals surface area contributed by atoms with Crippen LogP contribution in [0.2, 0.25) is 0 Å². The highest BCUT2D eigenvalue weighted by atomic mass is 16.6. The van der Waals surface area contributed by atoms with Crippen molar-refractivity contribution < 1.29 is 19.4 Å². The third kappa shape index (κ3) is 2.79. The van der Waals surface area contributed by atoms with Gasteiger partial charge >= 0.3 is 5.97 Å². The van der Waals surface area contributed by atoms with Crippen LogP contribution < -0.4 is 14.8 Å². The highest BCUT2D eigenvalue weighted by Gasteiger charge is 2.38. The quantitative estimate of drug-likeness (QED) is 0.376. The second-order valence-corrected chi connectivity index (χ2v) is 6.75. The molecule has 2 aromatic carbocycles. The van der Waals surface area contributed by atoms with Crippen molar-refractivity contribution in [2.45, 2.75) is 25.3 Å². The second-order valence-electron chi connectivity index (χ2n) is 6.75. The molecule has 5 nitrogen and oxygen atoms in total. The lowest BCUT2D eigenvalue weighted by Crippen LogP contribution is -2.29. The first-order valence-electron chi connectivity index (χ1n) is 8.69. The molecule has 26 heavy (non-hydrogen) atoms. The molecule has 0 fully saturated rings. The van der Waals surface area contributed by atoms with Gasteiger partial charge in [0.2, 0.25) is 0 Å². The number of methoxy groups -OCH3 is 1. The van der Waals surface area contributed by atoms with Gasteiger partial charge in [-0.1, -0.05) is 18.2 Å². The monoisotopic (exact) mass is 351 g/mol. The molecule has 3 atom stereocenters. The number of benzene rings is 2. The summed E-state index contributed by atoms with van der Waals surface area (Å²) in [7, 11) is 1.57. The first kappa shape index (κ1) is 16.5. The van der Waals surface area contributed by atoms with E-state index in [1.165, 1.54) is 6.92 Å². The number of aromatic hydroxyl groups is 1. The highest BCUT2D eigenvalue weighted by molar-refractivity contribution is 5.70. The summed E-state index contributed by atoms with van der Waals surface area (Å²) in [4.78, 5) is 11.3. The molecule has 3 unspecified atom stereocenters. The van der Waals surface area contributed by atoms with Crippen molar-refractivity contribution >= 4 is 11.7 Å². The predicted octanol–water partition coefficient (Wildman–Crippen LogP) is 4.15. The van der Waals surface area contributed by atoms with Gasteiger partial charge in [0, 0.05) is 18.5 Å². The molecule has 4 rings (SSSR count). The number of phenols is 1. The van der Waals surface area contributed by atoms with E-state index in [1.54, 1.807) is 19.2 Å². The summed E-state index contributed by atoms with van der Waals surface area (Å²) in [6, 6.07) is 11.2. The van der Waals surface area contributed by atoms with Gasteiger partial charge in [0.1, 0.15) is 5.75 Å². The molecule has 0 radical (unpaired) electrons. The van der Waals surface area contributed by atoms with Crippen LogP contribution in [-0.4, -0.2) is 18.2 Å². The Kier molecular flexibility index (Phi) is 4.07. The van der Waals surface area contributed by atoms with Crippen molar-refractivity contribution in [1.82, 2.24) is 0 Å². The number of fused-ring (bicyclic) bond motifs is 3. The van der Waals surface area contributed by atoms with E-state index >= 15 is 0 Å². The van der Waals surface area contributed by atoms with Crippen molar-refractivity contribution in [2.24, 2.45) is 5.92 Å². The number of phenolic OH excluding ortho intramolecular Hbond substituents is 1. The molecular formula is C21H21NO4. The topological polar surface area (TPSA) is 67.8 Å². The van der Waals surface area contributed by atoms with Crippen LogP contribution in [0.15, 0.2) is 48.6 Å². The lowest BCUT2D eigenvalue weighted by Gasteiger charge is -2.37. The molecule has 1 aliphatic heterocycles. The smallest absolute Gasteiger partial charge is 0.308 e. The van der Waals surface area contributed by atoms with Crippen molar-refractivity contribution in [3.63, 3.8) is 0 Å². The van der Waals surface area contributed by atoms with E-state index < -0.39 is 0 Å². The molecule has 2 N–H and O–H groups in total. The van der Waals surface area contributed by atoms with Crippen LogP contribution in [0.1, 0.15) is 36.4 Å². The summed E-state index contributed by atoms with van der Waals surface area (Å²) in [5, 5.41) is 13.5. The van der Waals surface area contributed by atoms with Crippen molar-refractivity contribution in [1.29, 1.82) is 0 Å². The van der Waals surface area contributed by atoms with Gasteiger partial charge in [-0.2, -0.15) is 0 Å². The number of carbonyl (C=O) groups excluding carboxylic acids is 1. The summed E-state index contributed by atoms with van der Waals surface area (Å²) in [6.07, 6.45) is 5.39. The average Bonchev–Trinajstić information content (AvgIpc) is 3.11. The minimum absolute atomic E-state index is 0.104. The van der Waals surface area contributed by atoms with Crippen molar-refractivity contribution in [3.05, 3.63) is 59.7 Å². The molecule has 2 aliphatic rings. The Labute approximate surface area is 152 Å². The Morgan fingerprint density at radius 2 is 2.04 bits per heavy atom. The first-order chi connectivity index (χ1) is 12.6. The Balaban J connectivity index is 1.72. The molecule has 0 amide bonds. The van der Waals surface area contributed by atoms with E-state index in [0.29, 0.717) is 17.4 Å². The van der Waals surface area contributed by atoms with E-state index in [0.717, 1.165) is 23.2 Å². The van der Waals surface area contributed by atoms with E-state index in [-0.39, 0.29) is 23.7 Å². The Hall–Kier alpha value is -2.95. The number of hydrogen-bond donors (Lipinski definition) is 2. The van der Waals surface area contributed by atoms with Gasteiger partial charge in [0.15, 0.2) is 11.5 Å². The fraction of sp³-hybridized carbons (Fsp3) is 0.286. The summed E-state index contributed by atoms with van der Waals surface area (Å²) >= 11 is 0. The first-order valence-corrected chi connectivity index (χ1v) is 8.69. The Morgan fingerprint density at radius 1 is 1.19 bits per heavy atom. The van der Waals surface area contributed by atoms with Crippen LogP contribution in [0, 0.1) is 5.92 Å². The molecule has 0 bridgehead atoms. The average molecular weight is 351 g/mol. The molecule has 1 heterocycles. The van der Waals surface area contributed by atoms with Crippen LogP contribution in [-0.2, 0) is 4.79 Å². The van der Waals surface area contributed by atoms with Gasteiger partial charge < -0.3 is 19.9 Å². The van der Waals surface area contributed by atoms with E-state index in [4.69, 9.17) is 9.47 Å². The number of esters is 1. The van der Waals surface area contributed by atoms with Crippen LogP contribution >= 0.6 is 0 Å². The SMILES string of the molecule is COc1cc(C2Nc3ccc(O)cc3C3C=CCC32)ccc1OC(C)=O. The van der Waals surface area contributed by atoms with Gasteiger partial charge in [-0.3, -0.25) is 4.79 Å². The largest absolute Gasteiger partial charge is 0.508 e. The molecular weight excluding hydrogens is 330 g/mol. The third-order valence-electron chi connectivity index (χ3n) is 5.15. The minimum atomic E-state index is -0.374. The van der Waals surface area contributed by atoms with E-state index in [2.05, 4.69) is 17.5 Å². The van der Waals surface area contributed by atoms with E-state index in [9.17, 15) is 9.90 Å². The fourth-order valence-electron chi connectivity index (χ4n) is 4.03. The maximum absolute atomic E-state index is 11.3. The molecule has 1 aliphatic carbocycles.